The highest BCUT2D eigenvalue weighted by molar-refractivity contribution is 5.06. The molecule has 0 radical (unpaired) electrons. The van der Waals surface area contributed by atoms with Gasteiger partial charge in [-0.05, 0) is 31.6 Å². The second-order valence-corrected chi connectivity index (χ2v) is 5.54. The van der Waals surface area contributed by atoms with E-state index in [0.717, 1.165) is 25.4 Å². The van der Waals surface area contributed by atoms with Crippen molar-refractivity contribution in [2.75, 3.05) is 13.1 Å². The molecule has 0 amide bonds. The molecule has 2 rings (SSSR count). The Morgan fingerprint density at radius 2 is 2.07 bits per heavy atom. The van der Waals surface area contributed by atoms with Gasteiger partial charge < -0.3 is 10.1 Å². The van der Waals surface area contributed by atoms with Crippen molar-refractivity contribution in [3.05, 3.63) is 0 Å². The van der Waals surface area contributed by atoms with Gasteiger partial charge in [0, 0.05) is 13.1 Å². The molecule has 0 aromatic carbocycles. The third kappa shape index (κ3) is 1.40. The van der Waals surface area contributed by atoms with E-state index in [1.807, 2.05) is 0 Å². The van der Waals surface area contributed by atoms with Crippen LogP contribution in [0.25, 0.3) is 0 Å². The molecule has 2 heteroatoms. The maximum atomic E-state index is 6.37. The SMILES string of the molecule is CCC1(C)CNCC2(CC(C)C2C)O1. The summed E-state index contributed by atoms with van der Waals surface area (Å²) in [6.45, 7) is 11.2. The van der Waals surface area contributed by atoms with Crippen LogP contribution < -0.4 is 5.32 Å². The monoisotopic (exact) mass is 197 g/mol. The first-order chi connectivity index (χ1) is 6.51. The smallest absolute Gasteiger partial charge is 0.0844 e. The lowest BCUT2D eigenvalue weighted by Gasteiger charge is -2.58. The molecule has 4 unspecified atom stereocenters. The van der Waals surface area contributed by atoms with Gasteiger partial charge in [0.05, 0.1) is 11.2 Å². The first-order valence-electron chi connectivity index (χ1n) is 5.92. The van der Waals surface area contributed by atoms with E-state index in [1.54, 1.807) is 0 Å². The minimum atomic E-state index is 0.0622. The first kappa shape index (κ1) is 10.4. The third-order valence-corrected chi connectivity index (χ3v) is 4.47. The van der Waals surface area contributed by atoms with E-state index >= 15 is 0 Å². The molecule has 0 aromatic rings. The third-order valence-electron chi connectivity index (χ3n) is 4.47. The van der Waals surface area contributed by atoms with Crippen LogP contribution in [0.15, 0.2) is 0 Å². The van der Waals surface area contributed by atoms with Crippen LogP contribution in [-0.4, -0.2) is 24.3 Å². The van der Waals surface area contributed by atoms with Crippen molar-refractivity contribution < 1.29 is 4.74 Å². The van der Waals surface area contributed by atoms with Crippen LogP contribution in [0.2, 0.25) is 0 Å². The van der Waals surface area contributed by atoms with Crippen LogP contribution in [0.4, 0.5) is 0 Å². The molecule has 2 aliphatic rings. The Morgan fingerprint density at radius 1 is 1.36 bits per heavy atom. The summed E-state index contributed by atoms with van der Waals surface area (Å²) in [5.41, 5.74) is 0.217. The van der Waals surface area contributed by atoms with Crippen molar-refractivity contribution in [1.82, 2.24) is 5.32 Å². The molecule has 2 fully saturated rings. The molecule has 1 aliphatic carbocycles. The first-order valence-corrected chi connectivity index (χ1v) is 5.92. The zero-order valence-electron chi connectivity index (χ0n) is 9.89. The van der Waals surface area contributed by atoms with Crippen molar-refractivity contribution >= 4 is 0 Å². The lowest BCUT2D eigenvalue weighted by atomic mass is 9.62. The van der Waals surface area contributed by atoms with E-state index in [9.17, 15) is 0 Å². The van der Waals surface area contributed by atoms with Crippen molar-refractivity contribution in [2.24, 2.45) is 11.8 Å². The second-order valence-electron chi connectivity index (χ2n) is 5.54. The Labute approximate surface area is 87.4 Å². The van der Waals surface area contributed by atoms with Gasteiger partial charge in [-0.2, -0.15) is 0 Å². The van der Waals surface area contributed by atoms with Gasteiger partial charge in [0.15, 0.2) is 0 Å². The van der Waals surface area contributed by atoms with Crippen LogP contribution >= 0.6 is 0 Å². The largest absolute Gasteiger partial charge is 0.366 e. The Balaban J connectivity index is 2.08. The summed E-state index contributed by atoms with van der Waals surface area (Å²) in [7, 11) is 0. The number of morpholine rings is 1. The number of rotatable bonds is 1. The molecule has 1 aliphatic heterocycles. The highest BCUT2D eigenvalue weighted by atomic mass is 16.5. The summed E-state index contributed by atoms with van der Waals surface area (Å²) in [4.78, 5) is 0. The topological polar surface area (TPSA) is 21.3 Å². The molecule has 4 atom stereocenters. The minimum absolute atomic E-state index is 0.0622. The fourth-order valence-electron chi connectivity index (χ4n) is 2.93. The number of ether oxygens (including phenoxy) is 1. The van der Waals surface area contributed by atoms with Gasteiger partial charge >= 0.3 is 0 Å². The second kappa shape index (κ2) is 3.21. The molecule has 0 aromatic heterocycles. The van der Waals surface area contributed by atoms with Crippen molar-refractivity contribution in [1.29, 1.82) is 0 Å². The molecule has 2 nitrogen and oxygen atoms in total. The molecule has 14 heavy (non-hydrogen) atoms. The maximum absolute atomic E-state index is 6.37. The molecule has 1 N–H and O–H groups in total. The average molecular weight is 197 g/mol. The van der Waals surface area contributed by atoms with Gasteiger partial charge in [-0.25, -0.2) is 0 Å². The highest BCUT2D eigenvalue weighted by Crippen LogP contribution is 2.49. The Morgan fingerprint density at radius 3 is 2.57 bits per heavy atom. The molecule has 82 valence electrons. The van der Waals surface area contributed by atoms with E-state index < -0.39 is 0 Å². The van der Waals surface area contributed by atoms with Gasteiger partial charge in [0.1, 0.15) is 0 Å². The van der Waals surface area contributed by atoms with E-state index in [-0.39, 0.29) is 11.2 Å². The zero-order chi connectivity index (χ0) is 10.4. The number of hydrogen-bond acceptors (Lipinski definition) is 2. The minimum Gasteiger partial charge on any atom is -0.366 e. The van der Waals surface area contributed by atoms with Crippen LogP contribution in [0.3, 0.4) is 0 Å². The zero-order valence-corrected chi connectivity index (χ0v) is 9.89. The summed E-state index contributed by atoms with van der Waals surface area (Å²) in [6.07, 6.45) is 2.33. The molecule has 1 saturated carbocycles. The normalized spacial score (nSPS) is 53.1. The Hall–Kier alpha value is -0.0800. The van der Waals surface area contributed by atoms with Crippen LogP contribution in [0, 0.1) is 11.8 Å². The molecule has 1 heterocycles. The standard InChI is InChI=1S/C12H23NO/c1-5-11(4)7-13-8-12(14-11)6-9(2)10(12)3/h9-10,13H,5-8H2,1-4H3. The quantitative estimate of drug-likeness (QED) is 0.696. The van der Waals surface area contributed by atoms with Crippen molar-refractivity contribution in [3.8, 4) is 0 Å². The summed E-state index contributed by atoms with van der Waals surface area (Å²) in [6, 6.07) is 0. The van der Waals surface area contributed by atoms with Crippen molar-refractivity contribution in [2.45, 2.75) is 51.7 Å². The van der Waals surface area contributed by atoms with E-state index in [2.05, 4.69) is 33.0 Å². The molecular weight excluding hydrogens is 174 g/mol. The average Bonchev–Trinajstić information content (AvgIpc) is 2.18. The van der Waals surface area contributed by atoms with Gasteiger partial charge in [0.25, 0.3) is 0 Å². The predicted octanol–water partition coefficient (Wildman–Crippen LogP) is 2.19. The molecule has 0 bridgehead atoms. The molecule has 1 spiro atoms. The summed E-state index contributed by atoms with van der Waals surface area (Å²) in [5, 5.41) is 3.54. The lowest BCUT2D eigenvalue weighted by molar-refractivity contribution is -0.248. The lowest BCUT2D eigenvalue weighted by Crippen LogP contribution is -2.67. The van der Waals surface area contributed by atoms with Crippen LogP contribution in [0.5, 0.6) is 0 Å². The molecular formula is C12H23NO. The van der Waals surface area contributed by atoms with Gasteiger partial charge in [-0.3, -0.25) is 0 Å². The van der Waals surface area contributed by atoms with Crippen molar-refractivity contribution in [3.63, 3.8) is 0 Å². The van der Waals surface area contributed by atoms with Crippen LogP contribution in [-0.2, 0) is 4.74 Å². The van der Waals surface area contributed by atoms with Gasteiger partial charge in [-0.1, -0.05) is 20.8 Å². The van der Waals surface area contributed by atoms with E-state index in [4.69, 9.17) is 4.74 Å². The maximum Gasteiger partial charge on any atom is 0.0844 e. The molecule has 1 saturated heterocycles. The summed E-state index contributed by atoms with van der Waals surface area (Å²) in [5.74, 6) is 1.54. The fraction of sp³-hybridized carbons (Fsp3) is 1.00. The Kier molecular flexibility index (Phi) is 2.39. The number of nitrogens with one attached hydrogen (secondary N) is 1. The van der Waals surface area contributed by atoms with Crippen LogP contribution in [0.1, 0.15) is 40.5 Å². The van der Waals surface area contributed by atoms with Gasteiger partial charge in [0.2, 0.25) is 0 Å². The highest BCUT2D eigenvalue weighted by Gasteiger charge is 2.54. The summed E-state index contributed by atoms with van der Waals surface area (Å²) < 4.78 is 6.37. The van der Waals surface area contributed by atoms with E-state index in [0.29, 0.717) is 5.92 Å². The van der Waals surface area contributed by atoms with E-state index in [1.165, 1.54) is 6.42 Å². The summed E-state index contributed by atoms with van der Waals surface area (Å²) >= 11 is 0. The predicted molar refractivity (Wildman–Crippen MR) is 58.3 cm³/mol. The Bertz CT molecular complexity index is 226. The fourth-order valence-corrected chi connectivity index (χ4v) is 2.93. The number of hydrogen-bond donors (Lipinski definition) is 1. The van der Waals surface area contributed by atoms with Gasteiger partial charge in [-0.15, -0.1) is 0 Å².